The molecule has 0 saturated heterocycles. The molecule has 0 aromatic heterocycles. The van der Waals surface area contributed by atoms with E-state index in [-0.39, 0.29) is 25.3 Å². The Morgan fingerprint density at radius 2 is 1.86 bits per heavy atom. The van der Waals surface area contributed by atoms with Crippen LogP contribution in [0.4, 0.5) is 0 Å². The Hall–Kier alpha value is -3.28. The summed E-state index contributed by atoms with van der Waals surface area (Å²) in [4.78, 5) is 24.2. The predicted octanol–water partition coefficient (Wildman–Crippen LogP) is 3.88. The van der Waals surface area contributed by atoms with Crippen molar-refractivity contribution in [1.29, 1.82) is 0 Å². The molecule has 1 aliphatic rings. The zero-order valence-electron chi connectivity index (χ0n) is 16.6. The van der Waals surface area contributed by atoms with Gasteiger partial charge in [-0.2, -0.15) is 0 Å². The SMILES string of the molecule is CC(C)C[C@H](NC(=O)COC(=O)/C=C/c1ccc2c(c1)OCO2)c1ccccc1. The van der Waals surface area contributed by atoms with E-state index >= 15 is 0 Å². The number of esters is 1. The highest BCUT2D eigenvalue weighted by atomic mass is 16.7. The summed E-state index contributed by atoms with van der Waals surface area (Å²) in [5.74, 6) is 0.808. The van der Waals surface area contributed by atoms with Crippen molar-refractivity contribution in [2.45, 2.75) is 26.3 Å². The van der Waals surface area contributed by atoms with Gasteiger partial charge < -0.3 is 19.5 Å². The molecule has 1 N–H and O–H groups in total. The molecule has 2 aromatic rings. The van der Waals surface area contributed by atoms with E-state index in [0.717, 1.165) is 17.5 Å². The van der Waals surface area contributed by atoms with Gasteiger partial charge in [0.1, 0.15) is 0 Å². The van der Waals surface area contributed by atoms with Crippen molar-refractivity contribution in [1.82, 2.24) is 5.32 Å². The van der Waals surface area contributed by atoms with Crippen LogP contribution in [0.3, 0.4) is 0 Å². The van der Waals surface area contributed by atoms with E-state index in [9.17, 15) is 9.59 Å². The van der Waals surface area contributed by atoms with Gasteiger partial charge in [0.15, 0.2) is 18.1 Å². The molecular weight excluding hydrogens is 370 g/mol. The molecule has 1 heterocycles. The van der Waals surface area contributed by atoms with Gasteiger partial charge in [-0.15, -0.1) is 0 Å². The molecule has 0 saturated carbocycles. The van der Waals surface area contributed by atoms with Crippen LogP contribution in [0.5, 0.6) is 11.5 Å². The number of fused-ring (bicyclic) bond motifs is 1. The molecular formula is C23H25NO5. The lowest BCUT2D eigenvalue weighted by molar-refractivity contribution is -0.144. The first kappa shape index (κ1) is 20.5. The Balaban J connectivity index is 1.50. The highest BCUT2D eigenvalue weighted by Crippen LogP contribution is 2.32. The third-order valence-corrected chi connectivity index (χ3v) is 4.40. The number of carbonyl (C=O) groups excluding carboxylic acids is 2. The number of amides is 1. The average molecular weight is 395 g/mol. The van der Waals surface area contributed by atoms with Crippen molar-refractivity contribution < 1.29 is 23.8 Å². The third kappa shape index (κ3) is 6.10. The monoisotopic (exact) mass is 395 g/mol. The summed E-state index contributed by atoms with van der Waals surface area (Å²) in [5.41, 5.74) is 1.81. The molecule has 2 aromatic carbocycles. The fraction of sp³-hybridized carbons (Fsp3) is 0.304. The molecule has 0 radical (unpaired) electrons. The van der Waals surface area contributed by atoms with E-state index < -0.39 is 5.97 Å². The fourth-order valence-electron chi connectivity index (χ4n) is 3.04. The van der Waals surface area contributed by atoms with Crippen LogP contribution >= 0.6 is 0 Å². The minimum absolute atomic E-state index is 0.119. The van der Waals surface area contributed by atoms with Crippen LogP contribution in [0.25, 0.3) is 6.08 Å². The third-order valence-electron chi connectivity index (χ3n) is 4.40. The molecule has 0 spiro atoms. The molecule has 6 nitrogen and oxygen atoms in total. The van der Waals surface area contributed by atoms with Gasteiger partial charge in [0.25, 0.3) is 5.91 Å². The molecule has 3 rings (SSSR count). The summed E-state index contributed by atoms with van der Waals surface area (Å²) in [7, 11) is 0. The molecule has 1 amide bonds. The average Bonchev–Trinajstić information content (AvgIpc) is 3.18. The standard InChI is InChI=1S/C23H25NO5/c1-16(2)12-19(18-6-4-3-5-7-18)24-22(25)14-27-23(26)11-9-17-8-10-20-21(13-17)29-15-28-20/h3-11,13,16,19H,12,14-15H2,1-2H3,(H,24,25)/b11-9+/t19-/m0/s1. The fourth-order valence-corrected chi connectivity index (χ4v) is 3.04. The normalized spacial score (nSPS) is 13.5. The minimum atomic E-state index is -0.585. The van der Waals surface area contributed by atoms with Crippen molar-refractivity contribution in [3.8, 4) is 11.5 Å². The summed E-state index contributed by atoms with van der Waals surface area (Å²) >= 11 is 0. The van der Waals surface area contributed by atoms with Crippen molar-refractivity contribution in [3.05, 3.63) is 65.7 Å². The van der Waals surface area contributed by atoms with E-state index in [1.165, 1.54) is 6.08 Å². The topological polar surface area (TPSA) is 73.9 Å². The highest BCUT2D eigenvalue weighted by Gasteiger charge is 2.17. The van der Waals surface area contributed by atoms with Crippen LogP contribution in [0.1, 0.15) is 37.4 Å². The second-order valence-corrected chi connectivity index (χ2v) is 7.21. The smallest absolute Gasteiger partial charge is 0.331 e. The van der Waals surface area contributed by atoms with Gasteiger partial charge >= 0.3 is 5.97 Å². The maximum Gasteiger partial charge on any atom is 0.331 e. The molecule has 1 aliphatic heterocycles. The van der Waals surface area contributed by atoms with Gasteiger partial charge in [0, 0.05) is 6.08 Å². The maximum atomic E-state index is 12.3. The van der Waals surface area contributed by atoms with Crippen LogP contribution < -0.4 is 14.8 Å². The van der Waals surface area contributed by atoms with Gasteiger partial charge in [0.05, 0.1) is 6.04 Å². The second kappa shape index (κ2) is 9.78. The predicted molar refractivity (Wildman–Crippen MR) is 109 cm³/mol. The van der Waals surface area contributed by atoms with Crippen LogP contribution in [-0.2, 0) is 14.3 Å². The minimum Gasteiger partial charge on any atom is -0.454 e. The number of benzene rings is 2. The molecule has 1 atom stereocenters. The van der Waals surface area contributed by atoms with Crippen LogP contribution in [0.2, 0.25) is 0 Å². The van der Waals surface area contributed by atoms with Gasteiger partial charge in [-0.1, -0.05) is 50.2 Å². The lowest BCUT2D eigenvalue weighted by Gasteiger charge is -2.21. The first-order valence-corrected chi connectivity index (χ1v) is 9.60. The molecule has 152 valence electrons. The number of hydrogen-bond acceptors (Lipinski definition) is 5. The van der Waals surface area contributed by atoms with Crippen molar-refractivity contribution >= 4 is 18.0 Å². The second-order valence-electron chi connectivity index (χ2n) is 7.21. The quantitative estimate of drug-likeness (QED) is 0.542. The van der Waals surface area contributed by atoms with Crippen molar-refractivity contribution in [2.24, 2.45) is 5.92 Å². The van der Waals surface area contributed by atoms with Crippen molar-refractivity contribution in [3.63, 3.8) is 0 Å². The van der Waals surface area contributed by atoms with E-state index in [0.29, 0.717) is 17.4 Å². The maximum absolute atomic E-state index is 12.3. The number of hydrogen-bond donors (Lipinski definition) is 1. The summed E-state index contributed by atoms with van der Waals surface area (Å²) in [6.07, 6.45) is 3.69. The summed E-state index contributed by atoms with van der Waals surface area (Å²) < 4.78 is 15.6. The zero-order valence-corrected chi connectivity index (χ0v) is 16.6. The summed E-state index contributed by atoms with van der Waals surface area (Å²) in [5, 5.41) is 2.95. The molecule has 0 aliphatic carbocycles. The summed E-state index contributed by atoms with van der Waals surface area (Å²) in [6, 6.07) is 15.0. The Morgan fingerprint density at radius 1 is 1.10 bits per heavy atom. The highest BCUT2D eigenvalue weighted by molar-refractivity contribution is 5.89. The first-order valence-electron chi connectivity index (χ1n) is 9.60. The van der Waals surface area contributed by atoms with E-state index in [4.69, 9.17) is 14.2 Å². The number of ether oxygens (including phenoxy) is 3. The van der Waals surface area contributed by atoms with Gasteiger partial charge in [-0.05, 0) is 41.7 Å². The van der Waals surface area contributed by atoms with Crippen LogP contribution in [0, 0.1) is 5.92 Å². The van der Waals surface area contributed by atoms with E-state index in [1.54, 1.807) is 24.3 Å². The Morgan fingerprint density at radius 3 is 2.62 bits per heavy atom. The molecule has 0 fully saturated rings. The van der Waals surface area contributed by atoms with Crippen molar-refractivity contribution in [2.75, 3.05) is 13.4 Å². The van der Waals surface area contributed by atoms with Gasteiger partial charge in [-0.25, -0.2) is 4.79 Å². The Labute approximate surface area is 170 Å². The number of rotatable bonds is 8. The summed E-state index contributed by atoms with van der Waals surface area (Å²) in [6.45, 7) is 4.07. The molecule has 29 heavy (non-hydrogen) atoms. The van der Waals surface area contributed by atoms with E-state index in [1.807, 2.05) is 30.3 Å². The van der Waals surface area contributed by atoms with Gasteiger partial charge in [0.2, 0.25) is 6.79 Å². The van der Waals surface area contributed by atoms with Crippen LogP contribution in [-0.4, -0.2) is 25.3 Å². The Kier molecular flexibility index (Phi) is 6.89. The first-order chi connectivity index (χ1) is 14.0. The zero-order chi connectivity index (χ0) is 20.6. The van der Waals surface area contributed by atoms with Gasteiger partial charge in [-0.3, -0.25) is 4.79 Å². The van der Waals surface area contributed by atoms with E-state index in [2.05, 4.69) is 19.2 Å². The Bertz CT molecular complexity index is 876. The lowest BCUT2D eigenvalue weighted by Crippen LogP contribution is -2.33. The molecule has 0 bridgehead atoms. The molecule has 0 unspecified atom stereocenters. The lowest BCUT2D eigenvalue weighted by atomic mass is 9.97. The number of nitrogens with one attached hydrogen (secondary N) is 1. The molecule has 6 heteroatoms. The number of carbonyl (C=O) groups is 2. The van der Waals surface area contributed by atoms with Crippen LogP contribution in [0.15, 0.2) is 54.6 Å². The largest absolute Gasteiger partial charge is 0.454 e.